The van der Waals surface area contributed by atoms with Gasteiger partial charge in [-0.1, -0.05) is 12.1 Å². The van der Waals surface area contributed by atoms with Crippen molar-refractivity contribution < 1.29 is 9.53 Å². The number of carbonyl (C=O) groups excluding carboxylic acids is 1. The fraction of sp³-hybridized carbons (Fsp3) is 0.429. The smallest absolute Gasteiger partial charge is 0.239 e. The summed E-state index contributed by atoms with van der Waals surface area (Å²) in [5, 5.41) is 8.83. The zero-order valence-corrected chi connectivity index (χ0v) is 11.3. The minimum Gasteiger partial charge on any atom is -0.385 e. The van der Waals surface area contributed by atoms with E-state index in [9.17, 15) is 4.79 Å². The number of ether oxygens (including phenoxy) is 1. The molecule has 0 aliphatic heterocycles. The maximum Gasteiger partial charge on any atom is 0.239 e. The second kappa shape index (κ2) is 7.52. The van der Waals surface area contributed by atoms with Crippen LogP contribution in [0.3, 0.4) is 0 Å². The van der Waals surface area contributed by atoms with Gasteiger partial charge in [-0.05, 0) is 24.1 Å². The molecule has 1 rings (SSSR count). The van der Waals surface area contributed by atoms with E-state index >= 15 is 0 Å². The van der Waals surface area contributed by atoms with E-state index < -0.39 is 6.04 Å². The number of nitrogens with zero attached hydrogens (tertiary/aromatic N) is 2. The molecule has 0 aliphatic carbocycles. The van der Waals surface area contributed by atoms with Gasteiger partial charge in [-0.15, -0.1) is 0 Å². The molecule has 0 bridgehead atoms. The summed E-state index contributed by atoms with van der Waals surface area (Å²) in [6.07, 6.45) is 0.498. The number of hydrogen-bond acceptors (Lipinski definition) is 4. The summed E-state index contributed by atoms with van der Waals surface area (Å²) in [6.45, 7) is 0.902. The maximum atomic E-state index is 12.0. The van der Waals surface area contributed by atoms with Gasteiger partial charge in [-0.2, -0.15) is 5.26 Å². The Labute approximate surface area is 113 Å². The maximum absolute atomic E-state index is 12.0. The van der Waals surface area contributed by atoms with Gasteiger partial charge in [0.05, 0.1) is 17.7 Å². The molecule has 0 aromatic heterocycles. The lowest BCUT2D eigenvalue weighted by Crippen LogP contribution is -2.42. The first-order chi connectivity index (χ1) is 9.08. The Morgan fingerprint density at radius 1 is 1.58 bits per heavy atom. The largest absolute Gasteiger partial charge is 0.385 e. The summed E-state index contributed by atoms with van der Waals surface area (Å²) in [6, 6.07) is 8.71. The molecule has 19 heavy (non-hydrogen) atoms. The highest BCUT2D eigenvalue weighted by atomic mass is 16.5. The minimum atomic E-state index is -0.552. The number of methoxy groups -OCH3 is 1. The van der Waals surface area contributed by atoms with Crippen molar-refractivity contribution in [2.24, 2.45) is 5.73 Å². The van der Waals surface area contributed by atoms with E-state index in [1.54, 1.807) is 37.3 Å². The monoisotopic (exact) mass is 261 g/mol. The lowest BCUT2D eigenvalue weighted by molar-refractivity contribution is -0.132. The fourth-order valence-corrected chi connectivity index (χ4v) is 1.74. The van der Waals surface area contributed by atoms with Crippen LogP contribution in [0.4, 0.5) is 0 Å². The molecule has 0 spiro atoms. The highest BCUT2D eigenvalue weighted by molar-refractivity contribution is 5.81. The van der Waals surface area contributed by atoms with E-state index in [-0.39, 0.29) is 5.91 Å². The van der Waals surface area contributed by atoms with Crippen LogP contribution in [-0.4, -0.2) is 37.6 Å². The van der Waals surface area contributed by atoms with Gasteiger partial charge in [-0.25, -0.2) is 0 Å². The van der Waals surface area contributed by atoms with Crippen LogP contribution in [0.25, 0.3) is 0 Å². The third kappa shape index (κ3) is 4.70. The molecule has 1 aromatic carbocycles. The minimum absolute atomic E-state index is 0.126. The SMILES string of the molecule is COCCC(N)C(=O)N(C)Cc1cccc(C#N)c1. The van der Waals surface area contributed by atoms with Crippen LogP contribution in [0.2, 0.25) is 0 Å². The Morgan fingerprint density at radius 2 is 2.32 bits per heavy atom. The highest BCUT2D eigenvalue weighted by Gasteiger charge is 2.17. The summed E-state index contributed by atoms with van der Waals surface area (Å²) in [7, 11) is 3.28. The Kier molecular flexibility index (Phi) is 6.00. The molecule has 0 saturated heterocycles. The Bertz CT molecular complexity index is 468. The van der Waals surface area contributed by atoms with Gasteiger partial charge >= 0.3 is 0 Å². The number of benzene rings is 1. The van der Waals surface area contributed by atoms with Crippen molar-refractivity contribution >= 4 is 5.91 Å². The predicted molar refractivity (Wildman–Crippen MR) is 72.1 cm³/mol. The van der Waals surface area contributed by atoms with Crippen LogP contribution in [-0.2, 0) is 16.1 Å². The molecule has 0 aliphatic rings. The van der Waals surface area contributed by atoms with Gasteiger partial charge in [0.15, 0.2) is 0 Å². The molecule has 0 heterocycles. The number of likely N-dealkylation sites (N-methyl/N-ethyl adjacent to an activating group) is 1. The van der Waals surface area contributed by atoms with Crippen LogP contribution in [0.15, 0.2) is 24.3 Å². The second-order valence-corrected chi connectivity index (χ2v) is 4.39. The van der Waals surface area contributed by atoms with Crippen molar-refractivity contribution in [3.8, 4) is 6.07 Å². The van der Waals surface area contributed by atoms with Gasteiger partial charge in [0.2, 0.25) is 5.91 Å². The van der Waals surface area contributed by atoms with Crippen LogP contribution in [0.1, 0.15) is 17.5 Å². The first-order valence-electron chi connectivity index (χ1n) is 6.07. The molecular weight excluding hydrogens is 242 g/mol. The number of amides is 1. The molecule has 1 aromatic rings. The Morgan fingerprint density at radius 3 is 2.95 bits per heavy atom. The standard InChI is InChI=1S/C14H19N3O2/c1-17(14(18)13(16)6-7-19-2)10-12-5-3-4-11(8-12)9-15/h3-5,8,13H,6-7,10,16H2,1-2H3. The summed E-state index contributed by atoms with van der Waals surface area (Å²) in [4.78, 5) is 13.6. The number of nitrogens with two attached hydrogens (primary N) is 1. The van der Waals surface area contributed by atoms with Crippen molar-refractivity contribution in [2.75, 3.05) is 20.8 Å². The highest BCUT2D eigenvalue weighted by Crippen LogP contribution is 2.08. The molecule has 102 valence electrons. The van der Waals surface area contributed by atoms with Crippen molar-refractivity contribution in [2.45, 2.75) is 19.0 Å². The van der Waals surface area contributed by atoms with Gasteiger partial charge in [0, 0.05) is 27.3 Å². The molecule has 2 N–H and O–H groups in total. The van der Waals surface area contributed by atoms with Crippen molar-refractivity contribution in [3.05, 3.63) is 35.4 Å². The molecule has 1 atom stereocenters. The molecule has 0 fully saturated rings. The van der Waals surface area contributed by atoms with Gasteiger partial charge < -0.3 is 15.4 Å². The average Bonchev–Trinajstić information content (AvgIpc) is 2.43. The zero-order chi connectivity index (χ0) is 14.3. The number of carbonyl (C=O) groups is 1. The quantitative estimate of drug-likeness (QED) is 0.824. The topological polar surface area (TPSA) is 79.3 Å². The molecule has 5 heteroatoms. The number of hydrogen-bond donors (Lipinski definition) is 1. The van der Waals surface area contributed by atoms with E-state index in [1.165, 1.54) is 0 Å². The van der Waals surface area contributed by atoms with E-state index in [4.69, 9.17) is 15.7 Å². The van der Waals surface area contributed by atoms with Crippen LogP contribution in [0.5, 0.6) is 0 Å². The molecule has 1 amide bonds. The number of rotatable bonds is 6. The van der Waals surface area contributed by atoms with Crippen LogP contribution in [0, 0.1) is 11.3 Å². The van der Waals surface area contributed by atoms with Crippen molar-refractivity contribution in [1.29, 1.82) is 5.26 Å². The van der Waals surface area contributed by atoms with E-state index in [2.05, 4.69) is 6.07 Å². The first-order valence-corrected chi connectivity index (χ1v) is 6.07. The summed E-state index contributed by atoms with van der Waals surface area (Å²) in [5.41, 5.74) is 7.29. The second-order valence-electron chi connectivity index (χ2n) is 4.39. The third-order valence-corrected chi connectivity index (χ3v) is 2.80. The Hall–Kier alpha value is -1.90. The summed E-state index contributed by atoms with van der Waals surface area (Å²) < 4.78 is 4.90. The Balaban J connectivity index is 2.60. The van der Waals surface area contributed by atoms with Crippen molar-refractivity contribution in [1.82, 2.24) is 4.90 Å². The van der Waals surface area contributed by atoms with E-state index in [0.29, 0.717) is 25.1 Å². The van der Waals surface area contributed by atoms with Gasteiger partial charge in [0.25, 0.3) is 0 Å². The van der Waals surface area contributed by atoms with Crippen molar-refractivity contribution in [3.63, 3.8) is 0 Å². The molecule has 0 saturated carbocycles. The molecule has 0 radical (unpaired) electrons. The summed E-state index contributed by atoms with van der Waals surface area (Å²) in [5.74, 6) is -0.126. The first kappa shape index (κ1) is 15.2. The molecular formula is C14H19N3O2. The molecule has 5 nitrogen and oxygen atoms in total. The van der Waals surface area contributed by atoms with Crippen LogP contribution < -0.4 is 5.73 Å². The summed E-state index contributed by atoms with van der Waals surface area (Å²) >= 11 is 0. The van der Waals surface area contributed by atoms with E-state index in [0.717, 1.165) is 5.56 Å². The lowest BCUT2D eigenvalue weighted by Gasteiger charge is -2.21. The third-order valence-electron chi connectivity index (χ3n) is 2.80. The fourth-order valence-electron chi connectivity index (χ4n) is 1.74. The van der Waals surface area contributed by atoms with Gasteiger partial charge in [0.1, 0.15) is 0 Å². The molecule has 1 unspecified atom stereocenters. The lowest BCUT2D eigenvalue weighted by atomic mass is 10.1. The normalized spacial score (nSPS) is 11.7. The van der Waals surface area contributed by atoms with E-state index in [1.807, 2.05) is 6.07 Å². The predicted octanol–water partition coefficient (Wildman–Crippen LogP) is 0.880. The van der Waals surface area contributed by atoms with Gasteiger partial charge in [-0.3, -0.25) is 4.79 Å². The average molecular weight is 261 g/mol. The zero-order valence-electron chi connectivity index (χ0n) is 11.3. The number of nitriles is 1. The van der Waals surface area contributed by atoms with Crippen LogP contribution >= 0.6 is 0 Å².